The predicted octanol–water partition coefficient (Wildman–Crippen LogP) is 5.24. The van der Waals surface area contributed by atoms with Gasteiger partial charge in [0.1, 0.15) is 5.82 Å². The van der Waals surface area contributed by atoms with E-state index in [1.807, 2.05) is 30.3 Å². The first kappa shape index (κ1) is 14.7. The Balaban J connectivity index is 2.09. The number of benzene rings is 2. The van der Waals surface area contributed by atoms with Crippen LogP contribution in [0.1, 0.15) is 17.2 Å². The normalized spacial score (nSPS) is 12.4. The molecule has 0 bridgehead atoms. The van der Waals surface area contributed by atoms with Crippen molar-refractivity contribution in [2.45, 2.75) is 12.7 Å². The number of hydrogen-bond donors (Lipinski definition) is 0. The quantitative estimate of drug-likeness (QED) is 0.637. The topological polar surface area (TPSA) is 9.23 Å². The molecule has 0 spiro atoms. The average Bonchev–Trinajstić information content (AvgIpc) is 2.43. The van der Waals surface area contributed by atoms with E-state index in [1.54, 1.807) is 12.1 Å². The van der Waals surface area contributed by atoms with Crippen LogP contribution in [0.2, 0.25) is 0 Å². The first-order chi connectivity index (χ1) is 9.22. The minimum Gasteiger partial charge on any atom is -0.368 e. The van der Waals surface area contributed by atoms with E-state index in [9.17, 15) is 4.39 Å². The lowest BCUT2D eigenvalue weighted by molar-refractivity contribution is 0.0539. The lowest BCUT2D eigenvalue weighted by Gasteiger charge is -2.17. The van der Waals surface area contributed by atoms with Gasteiger partial charge in [0.2, 0.25) is 0 Å². The zero-order valence-corrected chi connectivity index (χ0v) is 13.3. The molecule has 0 aliphatic heterocycles. The molecule has 2 aromatic rings. The van der Waals surface area contributed by atoms with Crippen LogP contribution >= 0.6 is 31.9 Å². The molecule has 2 rings (SSSR count). The molecule has 100 valence electrons. The largest absolute Gasteiger partial charge is 0.368 e. The maximum atomic E-state index is 13.7. The molecule has 0 radical (unpaired) electrons. The minimum atomic E-state index is -0.298. The summed E-state index contributed by atoms with van der Waals surface area (Å²) in [6.07, 6.45) is -0.298. The summed E-state index contributed by atoms with van der Waals surface area (Å²) in [4.78, 5) is 0. The highest BCUT2D eigenvalue weighted by Gasteiger charge is 2.15. The van der Waals surface area contributed by atoms with Crippen molar-refractivity contribution in [3.05, 3.63) is 69.9 Å². The third-order valence-electron chi connectivity index (χ3n) is 2.79. The lowest BCUT2D eigenvalue weighted by Crippen LogP contribution is -2.08. The molecule has 0 saturated heterocycles. The van der Waals surface area contributed by atoms with Gasteiger partial charge in [-0.2, -0.15) is 0 Å². The van der Waals surface area contributed by atoms with E-state index in [1.165, 1.54) is 6.07 Å². The van der Waals surface area contributed by atoms with Crippen LogP contribution in [0.25, 0.3) is 0 Å². The fraction of sp³-hybridized carbons (Fsp3) is 0.200. The van der Waals surface area contributed by atoms with Crippen molar-refractivity contribution < 1.29 is 9.13 Å². The zero-order valence-electron chi connectivity index (χ0n) is 10.2. The van der Waals surface area contributed by atoms with Gasteiger partial charge in [0.05, 0.1) is 12.7 Å². The number of hydrogen-bond acceptors (Lipinski definition) is 1. The molecule has 1 unspecified atom stereocenters. The Morgan fingerprint density at radius 2 is 1.74 bits per heavy atom. The monoisotopic (exact) mass is 386 g/mol. The molecule has 4 heteroatoms. The maximum absolute atomic E-state index is 13.7. The summed E-state index contributed by atoms with van der Waals surface area (Å²) in [7, 11) is 0. The Bertz CT molecular complexity index is 545. The Morgan fingerprint density at radius 3 is 2.42 bits per heavy atom. The van der Waals surface area contributed by atoms with Crippen molar-refractivity contribution in [1.29, 1.82) is 0 Å². The standard InChI is InChI=1S/C15H13Br2FO/c16-9-15(12-6-2-4-8-14(12)18)19-10-11-5-1-3-7-13(11)17/h1-8,15H,9-10H2. The molecule has 0 N–H and O–H groups in total. The Kier molecular flexibility index (Phi) is 5.55. The van der Waals surface area contributed by atoms with Gasteiger partial charge in [0.15, 0.2) is 0 Å². The first-order valence-corrected chi connectivity index (χ1v) is 7.79. The summed E-state index contributed by atoms with van der Waals surface area (Å²) in [5, 5.41) is 0.554. The van der Waals surface area contributed by atoms with E-state index < -0.39 is 0 Å². The van der Waals surface area contributed by atoms with Crippen molar-refractivity contribution >= 4 is 31.9 Å². The summed E-state index contributed by atoms with van der Waals surface area (Å²) in [5.41, 5.74) is 1.62. The van der Waals surface area contributed by atoms with Crippen LogP contribution in [0.5, 0.6) is 0 Å². The molecule has 0 amide bonds. The molecular weight excluding hydrogens is 375 g/mol. The van der Waals surface area contributed by atoms with Gasteiger partial charge in [0, 0.05) is 15.4 Å². The third-order valence-corrected chi connectivity index (χ3v) is 4.15. The van der Waals surface area contributed by atoms with E-state index in [0.29, 0.717) is 17.5 Å². The smallest absolute Gasteiger partial charge is 0.129 e. The fourth-order valence-corrected chi connectivity index (χ4v) is 2.69. The van der Waals surface area contributed by atoms with Crippen LogP contribution in [-0.4, -0.2) is 5.33 Å². The minimum absolute atomic E-state index is 0.237. The van der Waals surface area contributed by atoms with Crippen molar-refractivity contribution in [3.63, 3.8) is 0 Å². The second kappa shape index (κ2) is 7.17. The van der Waals surface area contributed by atoms with Crippen LogP contribution in [0.4, 0.5) is 4.39 Å². The summed E-state index contributed by atoms with van der Waals surface area (Å²) in [6, 6.07) is 14.5. The van der Waals surface area contributed by atoms with Crippen molar-refractivity contribution in [3.8, 4) is 0 Å². The summed E-state index contributed by atoms with van der Waals surface area (Å²) in [5.74, 6) is -0.237. The summed E-state index contributed by atoms with van der Waals surface area (Å²) in [6.45, 7) is 0.437. The van der Waals surface area contributed by atoms with Gasteiger partial charge in [-0.1, -0.05) is 68.3 Å². The average molecular weight is 388 g/mol. The molecule has 0 heterocycles. The van der Waals surface area contributed by atoms with Gasteiger partial charge in [-0.3, -0.25) is 0 Å². The molecule has 0 fully saturated rings. The predicted molar refractivity (Wildman–Crippen MR) is 81.9 cm³/mol. The second-order valence-corrected chi connectivity index (χ2v) is 5.57. The number of alkyl halides is 1. The Labute approximate surface area is 129 Å². The first-order valence-electron chi connectivity index (χ1n) is 5.87. The van der Waals surface area contributed by atoms with Gasteiger partial charge in [0.25, 0.3) is 0 Å². The molecule has 1 atom stereocenters. The Morgan fingerprint density at radius 1 is 1.05 bits per heavy atom. The molecule has 0 aliphatic carbocycles. The van der Waals surface area contributed by atoms with Crippen LogP contribution in [0, 0.1) is 5.82 Å². The van der Waals surface area contributed by atoms with Gasteiger partial charge >= 0.3 is 0 Å². The molecule has 0 aromatic heterocycles. The van der Waals surface area contributed by atoms with Gasteiger partial charge in [-0.05, 0) is 17.7 Å². The van der Waals surface area contributed by atoms with E-state index in [2.05, 4.69) is 31.9 Å². The van der Waals surface area contributed by atoms with Crippen molar-refractivity contribution in [1.82, 2.24) is 0 Å². The number of ether oxygens (including phenoxy) is 1. The van der Waals surface area contributed by atoms with Crippen LogP contribution < -0.4 is 0 Å². The highest BCUT2D eigenvalue weighted by Crippen LogP contribution is 2.25. The van der Waals surface area contributed by atoms with E-state index in [0.717, 1.165) is 10.0 Å². The summed E-state index contributed by atoms with van der Waals surface area (Å²) >= 11 is 6.85. The van der Waals surface area contributed by atoms with Crippen molar-refractivity contribution in [2.24, 2.45) is 0 Å². The van der Waals surface area contributed by atoms with Crippen molar-refractivity contribution in [2.75, 3.05) is 5.33 Å². The number of rotatable bonds is 5. The highest BCUT2D eigenvalue weighted by molar-refractivity contribution is 9.10. The van der Waals surface area contributed by atoms with Crippen LogP contribution in [0.15, 0.2) is 53.0 Å². The molecule has 1 nitrogen and oxygen atoms in total. The van der Waals surface area contributed by atoms with Gasteiger partial charge in [-0.25, -0.2) is 4.39 Å². The maximum Gasteiger partial charge on any atom is 0.129 e. The molecule has 0 aliphatic rings. The van der Waals surface area contributed by atoms with Gasteiger partial charge < -0.3 is 4.74 Å². The molecule has 2 aromatic carbocycles. The van der Waals surface area contributed by atoms with E-state index >= 15 is 0 Å². The van der Waals surface area contributed by atoms with Gasteiger partial charge in [-0.15, -0.1) is 0 Å². The molecular formula is C15H13Br2FO. The van der Waals surface area contributed by atoms with E-state index in [4.69, 9.17) is 4.74 Å². The zero-order chi connectivity index (χ0) is 13.7. The lowest BCUT2D eigenvalue weighted by atomic mass is 10.1. The summed E-state index contributed by atoms with van der Waals surface area (Å²) < 4.78 is 20.5. The molecule has 19 heavy (non-hydrogen) atoms. The highest BCUT2D eigenvalue weighted by atomic mass is 79.9. The second-order valence-electron chi connectivity index (χ2n) is 4.07. The van der Waals surface area contributed by atoms with E-state index in [-0.39, 0.29) is 11.9 Å². The number of halogens is 3. The SMILES string of the molecule is Fc1ccccc1C(CBr)OCc1ccccc1Br. The van der Waals surface area contributed by atoms with Crippen LogP contribution in [0.3, 0.4) is 0 Å². The van der Waals surface area contributed by atoms with Crippen LogP contribution in [-0.2, 0) is 11.3 Å². The fourth-order valence-electron chi connectivity index (χ4n) is 1.76. The molecule has 0 saturated carbocycles. The third kappa shape index (κ3) is 3.88. The Hall–Kier alpha value is -0.710.